The average Bonchev–Trinajstić information content (AvgIpc) is 2.26. The fourth-order valence-electron chi connectivity index (χ4n) is 1.19. The zero-order valence-electron chi connectivity index (χ0n) is 9.62. The fourth-order valence-corrected chi connectivity index (χ4v) is 2.37. The van der Waals surface area contributed by atoms with Crippen molar-refractivity contribution in [3.63, 3.8) is 0 Å². The predicted octanol–water partition coefficient (Wildman–Crippen LogP) is 3.54. The first kappa shape index (κ1) is 12.2. The van der Waals surface area contributed by atoms with Crippen molar-refractivity contribution in [3.8, 4) is 0 Å². The highest BCUT2D eigenvalue weighted by Gasteiger charge is 2.03. The van der Waals surface area contributed by atoms with Gasteiger partial charge < -0.3 is 0 Å². The van der Waals surface area contributed by atoms with Gasteiger partial charge in [-0.1, -0.05) is 29.3 Å². The van der Waals surface area contributed by atoms with E-state index in [9.17, 15) is 4.21 Å². The molecule has 0 fully saturated rings. The van der Waals surface area contributed by atoms with Crippen LogP contribution in [0.2, 0.25) is 0 Å². The predicted molar refractivity (Wildman–Crippen MR) is 66.4 cm³/mol. The number of hydrogen-bond donors (Lipinski definition) is 0. The summed E-state index contributed by atoms with van der Waals surface area (Å²) < 4.78 is 11.9. The zero-order chi connectivity index (χ0) is 11.3. The lowest BCUT2D eigenvalue weighted by molar-refractivity contribution is 0.682. The normalized spacial score (nSPS) is 12.2. The summed E-state index contributed by atoms with van der Waals surface area (Å²) in [6.45, 7) is 6.30. The Morgan fingerprint density at radius 3 is 2.27 bits per heavy atom. The van der Waals surface area contributed by atoms with E-state index in [0.29, 0.717) is 0 Å². The number of allylic oxidation sites excluding steroid dienone is 2. The van der Waals surface area contributed by atoms with Crippen molar-refractivity contribution in [2.45, 2.75) is 32.1 Å². The summed E-state index contributed by atoms with van der Waals surface area (Å²) >= 11 is 0. The molecular formula is C13H18OS. The molecule has 0 amide bonds. The molecule has 0 spiro atoms. The molecule has 2 heteroatoms. The highest BCUT2D eigenvalue weighted by Crippen LogP contribution is 2.11. The lowest BCUT2D eigenvalue weighted by Gasteiger charge is -2.04. The van der Waals surface area contributed by atoms with Gasteiger partial charge in [0.05, 0.1) is 10.8 Å². The third-order valence-electron chi connectivity index (χ3n) is 2.52. The zero-order valence-corrected chi connectivity index (χ0v) is 10.4. The first-order valence-corrected chi connectivity index (χ1v) is 6.49. The molecule has 1 unspecified atom stereocenters. The lowest BCUT2D eigenvalue weighted by Crippen LogP contribution is -1.99. The second-order valence-electron chi connectivity index (χ2n) is 3.89. The third kappa shape index (κ3) is 4.00. The molecular weight excluding hydrogens is 204 g/mol. The van der Waals surface area contributed by atoms with Gasteiger partial charge in [-0.2, -0.15) is 0 Å². The van der Waals surface area contributed by atoms with E-state index in [1.54, 1.807) is 0 Å². The van der Waals surface area contributed by atoms with Gasteiger partial charge >= 0.3 is 0 Å². The van der Waals surface area contributed by atoms with Gasteiger partial charge in [0, 0.05) is 10.6 Å². The number of hydrogen-bond acceptors (Lipinski definition) is 1. The molecule has 82 valence electrons. The largest absolute Gasteiger partial charge is 0.254 e. The van der Waals surface area contributed by atoms with Crippen LogP contribution in [-0.4, -0.2) is 9.96 Å². The van der Waals surface area contributed by atoms with Crippen molar-refractivity contribution >= 4 is 10.8 Å². The van der Waals surface area contributed by atoms with Crippen molar-refractivity contribution in [1.82, 2.24) is 0 Å². The Morgan fingerprint density at radius 2 is 1.73 bits per heavy atom. The van der Waals surface area contributed by atoms with Crippen LogP contribution in [0.1, 0.15) is 27.2 Å². The van der Waals surface area contributed by atoms with Gasteiger partial charge in [-0.05, 0) is 39.3 Å². The van der Waals surface area contributed by atoms with Crippen LogP contribution >= 0.6 is 0 Å². The molecule has 1 atom stereocenters. The van der Waals surface area contributed by atoms with E-state index < -0.39 is 10.8 Å². The van der Waals surface area contributed by atoms with Crippen LogP contribution in [0.5, 0.6) is 0 Å². The Balaban J connectivity index is 2.55. The molecule has 1 rings (SSSR count). The Hall–Kier alpha value is -0.890. The van der Waals surface area contributed by atoms with E-state index in [1.165, 1.54) is 11.1 Å². The molecule has 0 saturated heterocycles. The third-order valence-corrected chi connectivity index (χ3v) is 3.89. The average molecular weight is 222 g/mol. The maximum absolute atomic E-state index is 11.9. The van der Waals surface area contributed by atoms with Gasteiger partial charge in [-0.25, -0.2) is 0 Å². The summed E-state index contributed by atoms with van der Waals surface area (Å²) in [5, 5.41) is 0. The Bertz CT molecular complexity index is 361. The summed E-state index contributed by atoms with van der Waals surface area (Å²) in [6, 6.07) is 9.66. The smallest absolute Gasteiger partial charge is 0.0532 e. The molecule has 1 aromatic rings. The second-order valence-corrected chi connectivity index (χ2v) is 5.46. The van der Waals surface area contributed by atoms with E-state index in [4.69, 9.17) is 0 Å². The first-order chi connectivity index (χ1) is 7.11. The standard InChI is InChI=1S/C13H18OS/c1-11(2)12(3)9-10-15(14)13-7-5-4-6-8-13/h4-8H,9-10H2,1-3H3. The van der Waals surface area contributed by atoms with E-state index in [1.807, 2.05) is 30.3 Å². The van der Waals surface area contributed by atoms with Gasteiger partial charge in [0.25, 0.3) is 0 Å². The number of benzene rings is 1. The summed E-state index contributed by atoms with van der Waals surface area (Å²) in [7, 11) is -0.855. The molecule has 0 saturated carbocycles. The fraction of sp³-hybridized carbons (Fsp3) is 0.385. The molecule has 0 N–H and O–H groups in total. The van der Waals surface area contributed by atoms with Crippen molar-refractivity contribution in [1.29, 1.82) is 0 Å². The van der Waals surface area contributed by atoms with E-state index in [0.717, 1.165) is 17.1 Å². The quantitative estimate of drug-likeness (QED) is 0.712. The van der Waals surface area contributed by atoms with Crippen LogP contribution in [0.3, 0.4) is 0 Å². The summed E-state index contributed by atoms with van der Waals surface area (Å²) in [6.07, 6.45) is 0.920. The minimum atomic E-state index is -0.855. The summed E-state index contributed by atoms with van der Waals surface area (Å²) in [4.78, 5) is 0.930. The summed E-state index contributed by atoms with van der Waals surface area (Å²) in [5.74, 6) is 0.723. The minimum Gasteiger partial charge on any atom is -0.254 e. The van der Waals surface area contributed by atoms with Crippen molar-refractivity contribution in [3.05, 3.63) is 41.5 Å². The van der Waals surface area contributed by atoms with Gasteiger partial charge in [0.15, 0.2) is 0 Å². The van der Waals surface area contributed by atoms with Crippen LogP contribution in [0.25, 0.3) is 0 Å². The van der Waals surface area contributed by atoms with Crippen LogP contribution < -0.4 is 0 Å². The second kappa shape index (κ2) is 5.86. The molecule has 0 aliphatic heterocycles. The van der Waals surface area contributed by atoms with Gasteiger partial charge in [0.1, 0.15) is 0 Å². The molecule has 0 aliphatic carbocycles. The van der Waals surface area contributed by atoms with E-state index in [2.05, 4.69) is 20.8 Å². The van der Waals surface area contributed by atoms with E-state index >= 15 is 0 Å². The maximum atomic E-state index is 11.9. The molecule has 1 nitrogen and oxygen atoms in total. The maximum Gasteiger partial charge on any atom is 0.0532 e. The molecule has 0 aliphatic rings. The number of rotatable bonds is 4. The topological polar surface area (TPSA) is 17.1 Å². The molecule has 15 heavy (non-hydrogen) atoms. The van der Waals surface area contributed by atoms with Crippen LogP contribution in [0, 0.1) is 0 Å². The minimum absolute atomic E-state index is 0.723. The molecule has 1 aromatic carbocycles. The van der Waals surface area contributed by atoms with Crippen LogP contribution in [0.4, 0.5) is 0 Å². The molecule has 0 bridgehead atoms. The van der Waals surface area contributed by atoms with Gasteiger partial charge in [-0.3, -0.25) is 4.21 Å². The molecule has 0 radical (unpaired) electrons. The Morgan fingerprint density at radius 1 is 1.13 bits per heavy atom. The van der Waals surface area contributed by atoms with Gasteiger partial charge in [-0.15, -0.1) is 0 Å². The van der Waals surface area contributed by atoms with Crippen molar-refractivity contribution < 1.29 is 4.21 Å². The lowest BCUT2D eigenvalue weighted by atomic mass is 10.1. The Kier molecular flexibility index (Phi) is 4.76. The Labute approximate surface area is 94.7 Å². The highest BCUT2D eigenvalue weighted by atomic mass is 32.2. The summed E-state index contributed by atoms with van der Waals surface area (Å²) in [5.41, 5.74) is 2.68. The van der Waals surface area contributed by atoms with E-state index in [-0.39, 0.29) is 0 Å². The highest BCUT2D eigenvalue weighted by molar-refractivity contribution is 7.85. The van der Waals surface area contributed by atoms with Crippen LogP contribution in [-0.2, 0) is 10.8 Å². The SMILES string of the molecule is CC(C)=C(C)CCS(=O)c1ccccc1. The molecule has 0 heterocycles. The van der Waals surface area contributed by atoms with Crippen molar-refractivity contribution in [2.24, 2.45) is 0 Å². The van der Waals surface area contributed by atoms with Gasteiger partial charge in [0.2, 0.25) is 0 Å². The molecule has 0 aromatic heterocycles. The van der Waals surface area contributed by atoms with Crippen molar-refractivity contribution in [2.75, 3.05) is 5.75 Å². The monoisotopic (exact) mass is 222 g/mol. The van der Waals surface area contributed by atoms with Crippen LogP contribution in [0.15, 0.2) is 46.4 Å². The first-order valence-electron chi connectivity index (χ1n) is 5.17.